The van der Waals surface area contributed by atoms with E-state index in [0.717, 1.165) is 38.5 Å². The van der Waals surface area contributed by atoms with Gasteiger partial charge in [0, 0.05) is 6.42 Å². The number of quaternary nitrogens is 1. The zero-order valence-electron chi connectivity index (χ0n) is 54.6. The minimum Gasteiger partial charge on any atom is -0.387 e. The third-order valence-electron chi connectivity index (χ3n) is 16.7. The average Bonchev–Trinajstić information content (AvgIpc) is 3.42. The molecule has 3 atom stereocenters. The maximum atomic E-state index is 13.0. The normalized spacial score (nSPS) is 13.7. The van der Waals surface area contributed by atoms with Gasteiger partial charge in [-0.3, -0.25) is 13.8 Å². The van der Waals surface area contributed by atoms with E-state index in [1.807, 2.05) is 27.2 Å². The maximum absolute atomic E-state index is 13.0. The number of unbranched alkanes of at least 4 members (excludes halogenated alkanes) is 52. The Labute approximate surface area is 500 Å². The predicted octanol–water partition coefficient (Wildman–Crippen LogP) is 22.7. The summed E-state index contributed by atoms with van der Waals surface area (Å²) >= 11 is 0. The van der Waals surface area contributed by atoms with Crippen LogP contribution in [0.3, 0.4) is 0 Å². The summed E-state index contributed by atoms with van der Waals surface area (Å²) < 4.78 is 23.8. The number of amides is 1. The molecule has 0 aliphatic rings. The van der Waals surface area contributed by atoms with Crippen LogP contribution in [0.15, 0.2) is 24.3 Å². The number of nitrogens with zero attached hydrogens (tertiary/aromatic N) is 1. The molecule has 0 bridgehead atoms. The zero-order valence-corrected chi connectivity index (χ0v) is 55.5. The van der Waals surface area contributed by atoms with Crippen LogP contribution < -0.4 is 5.32 Å². The van der Waals surface area contributed by atoms with Gasteiger partial charge in [-0.2, -0.15) is 0 Å². The highest BCUT2D eigenvalue weighted by Gasteiger charge is 2.28. The molecule has 9 heteroatoms. The van der Waals surface area contributed by atoms with Crippen molar-refractivity contribution in [3.8, 4) is 0 Å². The molecule has 0 aliphatic carbocycles. The molecule has 0 aromatic carbocycles. The van der Waals surface area contributed by atoms with Crippen LogP contribution in [-0.4, -0.2) is 73.4 Å². The van der Waals surface area contributed by atoms with Gasteiger partial charge in [-0.1, -0.05) is 359 Å². The highest BCUT2D eigenvalue weighted by Crippen LogP contribution is 2.43. The number of phosphoric ester groups is 1. The zero-order chi connectivity index (χ0) is 58.4. The molecule has 0 radical (unpaired) electrons. The van der Waals surface area contributed by atoms with Crippen molar-refractivity contribution >= 4 is 13.7 Å². The fourth-order valence-corrected chi connectivity index (χ4v) is 11.9. The van der Waals surface area contributed by atoms with Crippen molar-refractivity contribution in [1.82, 2.24) is 5.32 Å². The van der Waals surface area contributed by atoms with E-state index in [2.05, 4.69) is 31.3 Å². The van der Waals surface area contributed by atoms with Crippen molar-refractivity contribution in [3.63, 3.8) is 0 Å². The molecule has 1 amide bonds. The first-order chi connectivity index (χ1) is 39.0. The van der Waals surface area contributed by atoms with E-state index in [9.17, 15) is 19.4 Å². The number of likely N-dealkylation sites (N-methyl/N-ethyl adjacent to an activating group) is 1. The van der Waals surface area contributed by atoms with Crippen molar-refractivity contribution < 1.29 is 32.9 Å². The number of aliphatic hydroxyl groups is 1. The molecule has 476 valence electrons. The Bertz CT molecular complexity index is 1350. The first-order valence-corrected chi connectivity index (χ1v) is 37.2. The van der Waals surface area contributed by atoms with Gasteiger partial charge in [0.2, 0.25) is 5.91 Å². The first-order valence-electron chi connectivity index (χ1n) is 35.7. The standard InChI is InChI=1S/C71H141N2O6P/c1-6-8-10-12-14-16-18-20-22-24-26-27-28-29-30-31-32-33-34-35-36-37-38-39-40-41-42-43-44-45-46-47-49-51-53-55-57-59-61-63-65-71(75)72-69(68-79-80(76,77)78-67-66-73(3,4)5)70(74)64-62-60-58-56-54-52-50-48-25-23-21-19-17-15-13-11-9-7-2/h54,56,62,64,69-70,74H,6-53,55,57-61,63,65-68H2,1-5H3,(H-,72,75,76,77)/p+1/b56-54+,64-62+. The van der Waals surface area contributed by atoms with Crippen molar-refractivity contribution in [1.29, 1.82) is 0 Å². The molecular formula is C71H142N2O6P+. The average molecular weight is 1150 g/mol. The Morgan fingerprint density at radius 3 is 1.00 bits per heavy atom. The monoisotopic (exact) mass is 1150 g/mol. The van der Waals surface area contributed by atoms with Gasteiger partial charge in [0.25, 0.3) is 0 Å². The number of rotatable bonds is 67. The summed E-state index contributed by atoms with van der Waals surface area (Å²) in [6.07, 6.45) is 82.2. The van der Waals surface area contributed by atoms with Crippen molar-refractivity contribution in [2.24, 2.45) is 0 Å². The quantitative estimate of drug-likeness (QED) is 0.0243. The second kappa shape index (κ2) is 62.5. The van der Waals surface area contributed by atoms with Gasteiger partial charge in [-0.15, -0.1) is 0 Å². The van der Waals surface area contributed by atoms with Gasteiger partial charge in [-0.25, -0.2) is 4.57 Å². The molecule has 0 rings (SSSR count). The van der Waals surface area contributed by atoms with Crippen LogP contribution in [0.1, 0.15) is 373 Å². The Hall–Kier alpha value is -1.02. The predicted molar refractivity (Wildman–Crippen MR) is 351 cm³/mol. The molecular weight excluding hydrogens is 1010 g/mol. The molecule has 0 heterocycles. The van der Waals surface area contributed by atoms with E-state index in [-0.39, 0.29) is 19.1 Å². The number of allylic oxidation sites excluding steroid dienone is 3. The highest BCUT2D eigenvalue weighted by molar-refractivity contribution is 7.47. The summed E-state index contributed by atoms with van der Waals surface area (Å²) in [5.41, 5.74) is 0. The number of carbonyl (C=O) groups excluding carboxylic acids is 1. The summed E-state index contributed by atoms with van der Waals surface area (Å²) in [5.74, 6) is -0.179. The Balaban J connectivity index is 3.88. The largest absolute Gasteiger partial charge is 0.472 e. The van der Waals surface area contributed by atoms with Crippen LogP contribution in [-0.2, 0) is 18.4 Å². The second-order valence-corrected chi connectivity index (χ2v) is 27.4. The minimum atomic E-state index is -4.36. The molecule has 3 unspecified atom stereocenters. The molecule has 0 spiro atoms. The van der Waals surface area contributed by atoms with Crippen LogP contribution in [0.4, 0.5) is 0 Å². The molecule has 8 nitrogen and oxygen atoms in total. The van der Waals surface area contributed by atoms with Crippen LogP contribution in [0.2, 0.25) is 0 Å². The topological polar surface area (TPSA) is 105 Å². The summed E-state index contributed by atoms with van der Waals surface area (Å²) in [5, 5.41) is 14.0. The molecule has 0 saturated carbocycles. The highest BCUT2D eigenvalue weighted by atomic mass is 31.2. The number of hydrogen-bond donors (Lipinski definition) is 3. The SMILES string of the molecule is CCCCCCCCCCCCCC/C=C/CC/C=C/C(O)C(COP(=O)(O)OCC[N+](C)(C)C)NC(=O)CCCCCCCCCCCCCCCCCCCCCCCCCCCCCCCCCCCCCCCCCC. The van der Waals surface area contributed by atoms with Crippen LogP contribution in [0.25, 0.3) is 0 Å². The third kappa shape index (κ3) is 64.5. The van der Waals surface area contributed by atoms with Crippen molar-refractivity contribution in [3.05, 3.63) is 24.3 Å². The maximum Gasteiger partial charge on any atom is 0.472 e. The molecule has 0 saturated heterocycles. The van der Waals surface area contributed by atoms with Gasteiger partial charge in [0.15, 0.2) is 0 Å². The van der Waals surface area contributed by atoms with Gasteiger partial charge in [-0.05, 0) is 32.1 Å². The molecule has 0 aromatic rings. The van der Waals surface area contributed by atoms with Crippen molar-refractivity contribution in [2.45, 2.75) is 386 Å². The number of phosphoric acid groups is 1. The first kappa shape index (κ1) is 79.0. The van der Waals surface area contributed by atoms with E-state index in [1.54, 1.807) is 6.08 Å². The van der Waals surface area contributed by atoms with Gasteiger partial charge in [0.05, 0.1) is 39.9 Å². The summed E-state index contributed by atoms with van der Waals surface area (Å²) in [6.45, 7) is 4.85. The van der Waals surface area contributed by atoms with Crippen LogP contribution >= 0.6 is 7.82 Å². The van der Waals surface area contributed by atoms with Gasteiger partial charge in [0.1, 0.15) is 13.2 Å². The Morgan fingerprint density at radius 2 is 0.688 bits per heavy atom. The summed E-state index contributed by atoms with van der Waals surface area (Å²) in [6, 6.07) is -0.861. The summed E-state index contributed by atoms with van der Waals surface area (Å²) in [4.78, 5) is 23.4. The molecule has 0 fully saturated rings. The number of nitrogens with one attached hydrogen (secondary N) is 1. The molecule has 0 aromatic heterocycles. The van der Waals surface area contributed by atoms with E-state index in [0.29, 0.717) is 17.4 Å². The van der Waals surface area contributed by atoms with Crippen LogP contribution in [0.5, 0.6) is 0 Å². The lowest BCUT2D eigenvalue weighted by Gasteiger charge is -2.25. The Morgan fingerprint density at radius 1 is 0.412 bits per heavy atom. The number of hydrogen-bond acceptors (Lipinski definition) is 5. The van der Waals surface area contributed by atoms with E-state index in [1.165, 1.54) is 315 Å². The van der Waals surface area contributed by atoms with E-state index < -0.39 is 20.0 Å². The van der Waals surface area contributed by atoms with E-state index in [4.69, 9.17) is 9.05 Å². The minimum absolute atomic E-state index is 0.0589. The van der Waals surface area contributed by atoms with Crippen LogP contribution in [0, 0.1) is 0 Å². The fourth-order valence-electron chi connectivity index (χ4n) is 11.1. The lowest BCUT2D eigenvalue weighted by atomic mass is 10.0. The summed E-state index contributed by atoms with van der Waals surface area (Å²) in [7, 11) is 1.57. The fraction of sp³-hybridized carbons (Fsp3) is 0.930. The number of aliphatic hydroxyl groups excluding tert-OH is 1. The second-order valence-electron chi connectivity index (χ2n) is 26.0. The lowest BCUT2D eigenvalue weighted by molar-refractivity contribution is -0.870. The Kier molecular flexibility index (Phi) is 61.7. The van der Waals surface area contributed by atoms with Gasteiger partial charge >= 0.3 is 7.82 Å². The molecule has 0 aliphatic heterocycles. The van der Waals surface area contributed by atoms with E-state index >= 15 is 0 Å². The van der Waals surface area contributed by atoms with Gasteiger partial charge < -0.3 is 19.8 Å². The van der Waals surface area contributed by atoms with Crippen molar-refractivity contribution in [2.75, 3.05) is 40.9 Å². The smallest absolute Gasteiger partial charge is 0.387 e. The molecule has 80 heavy (non-hydrogen) atoms. The number of carbonyl (C=O) groups is 1. The molecule has 3 N–H and O–H groups in total. The lowest BCUT2D eigenvalue weighted by Crippen LogP contribution is -2.45. The third-order valence-corrected chi connectivity index (χ3v) is 17.7.